The molecule has 0 atom stereocenters. The Morgan fingerprint density at radius 2 is 2.12 bits per heavy atom. The maximum absolute atomic E-state index is 11.8. The van der Waals surface area contributed by atoms with E-state index >= 15 is 0 Å². The van der Waals surface area contributed by atoms with Gasteiger partial charge in [0, 0.05) is 18.3 Å². The Morgan fingerprint density at radius 3 is 2.76 bits per heavy atom. The van der Waals surface area contributed by atoms with E-state index < -0.39 is 5.97 Å². The molecule has 2 aromatic rings. The number of nitrogens with zero attached hydrogens (tertiary/aromatic N) is 5. The molecule has 0 saturated carbocycles. The Bertz CT molecular complexity index is 730. The van der Waals surface area contributed by atoms with E-state index in [0.717, 1.165) is 0 Å². The van der Waals surface area contributed by atoms with Gasteiger partial charge in [0.15, 0.2) is 5.82 Å². The van der Waals surface area contributed by atoms with Gasteiger partial charge in [-0.15, -0.1) is 5.10 Å². The van der Waals surface area contributed by atoms with Crippen molar-refractivity contribution in [1.82, 2.24) is 30.5 Å². The highest BCUT2D eigenvalue weighted by molar-refractivity contribution is 5.75. The molecule has 2 heterocycles. The summed E-state index contributed by atoms with van der Waals surface area (Å²) < 4.78 is 6.38. The van der Waals surface area contributed by atoms with Crippen molar-refractivity contribution in [3.8, 4) is 0 Å². The molecule has 136 valence electrons. The molecule has 10 nitrogen and oxygen atoms in total. The number of hydrogen-bond acceptors (Lipinski definition) is 7. The van der Waals surface area contributed by atoms with Crippen molar-refractivity contribution in [2.24, 2.45) is 0 Å². The summed E-state index contributed by atoms with van der Waals surface area (Å²) in [5.41, 5.74) is 0.332. The lowest BCUT2D eigenvalue weighted by Gasteiger charge is -2.10. The van der Waals surface area contributed by atoms with E-state index in [1.54, 1.807) is 0 Å². The number of aliphatic carboxylic acids is 1. The standard InChI is InChI=1S/C15H22N6O4/c1-15(2,3)14-17-12(25-19-14)6-4-5-11(22)16-7-10-8-21(20-18-10)9-13(23)24/h8H,4-7,9H2,1-3H3,(H,16,22)(H,23,24). The third-order valence-electron chi connectivity index (χ3n) is 3.28. The fourth-order valence-corrected chi connectivity index (χ4v) is 1.97. The van der Waals surface area contributed by atoms with Crippen LogP contribution in [0.25, 0.3) is 0 Å². The van der Waals surface area contributed by atoms with Crippen LogP contribution in [0.2, 0.25) is 0 Å². The molecule has 0 saturated heterocycles. The normalized spacial score (nSPS) is 11.5. The number of aromatic nitrogens is 5. The van der Waals surface area contributed by atoms with Crippen LogP contribution in [0.3, 0.4) is 0 Å². The number of hydrogen-bond donors (Lipinski definition) is 2. The summed E-state index contributed by atoms with van der Waals surface area (Å²) in [6.45, 7) is 5.94. The molecule has 2 rings (SSSR count). The molecule has 0 aliphatic rings. The van der Waals surface area contributed by atoms with Crippen LogP contribution >= 0.6 is 0 Å². The molecule has 0 aliphatic carbocycles. The van der Waals surface area contributed by atoms with Gasteiger partial charge in [-0.25, -0.2) is 4.68 Å². The van der Waals surface area contributed by atoms with E-state index in [4.69, 9.17) is 9.63 Å². The van der Waals surface area contributed by atoms with E-state index in [1.807, 2.05) is 20.8 Å². The SMILES string of the molecule is CC(C)(C)c1noc(CCCC(=O)NCc2cn(CC(=O)O)nn2)n1. The Labute approximate surface area is 144 Å². The van der Waals surface area contributed by atoms with Gasteiger partial charge in [0.05, 0.1) is 12.7 Å². The third-order valence-corrected chi connectivity index (χ3v) is 3.28. The van der Waals surface area contributed by atoms with Crippen molar-refractivity contribution < 1.29 is 19.2 Å². The summed E-state index contributed by atoms with van der Waals surface area (Å²) in [4.78, 5) is 26.7. The second kappa shape index (κ2) is 7.86. The topological polar surface area (TPSA) is 136 Å². The molecule has 0 aromatic carbocycles. The number of carbonyl (C=O) groups is 2. The van der Waals surface area contributed by atoms with Crippen LogP contribution in [0.4, 0.5) is 0 Å². The van der Waals surface area contributed by atoms with E-state index in [-0.39, 0.29) is 24.4 Å². The first kappa shape index (κ1) is 18.6. The van der Waals surface area contributed by atoms with Crippen molar-refractivity contribution in [2.75, 3.05) is 0 Å². The molecule has 2 aromatic heterocycles. The molecule has 0 bridgehead atoms. The second-order valence-electron chi connectivity index (χ2n) is 6.69. The first-order valence-corrected chi connectivity index (χ1v) is 7.94. The van der Waals surface area contributed by atoms with Crippen molar-refractivity contribution in [2.45, 2.75) is 58.5 Å². The summed E-state index contributed by atoms with van der Waals surface area (Å²) in [5, 5.41) is 22.8. The van der Waals surface area contributed by atoms with Crippen LogP contribution in [0.1, 0.15) is 51.0 Å². The molecule has 2 N–H and O–H groups in total. The fraction of sp³-hybridized carbons (Fsp3) is 0.600. The molecular weight excluding hydrogens is 328 g/mol. The van der Waals surface area contributed by atoms with E-state index in [9.17, 15) is 9.59 Å². The molecule has 25 heavy (non-hydrogen) atoms. The third kappa shape index (κ3) is 5.98. The zero-order chi connectivity index (χ0) is 18.4. The van der Waals surface area contributed by atoms with Gasteiger partial charge in [0.1, 0.15) is 12.2 Å². The molecule has 1 amide bonds. The van der Waals surface area contributed by atoms with Gasteiger partial charge in [-0.3, -0.25) is 9.59 Å². The molecule has 10 heteroatoms. The highest BCUT2D eigenvalue weighted by Gasteiger charge is 2.20. The summed E-state index contributed by atoms with van der Waals surface area (Å²) >= 11 is 0. The number of carboxylic acid groups (broad SMARTS) is 1. The van der Waals surface area contributed by atoms with E-state index in [2.05, 4.69) is 25.8 Å². The van der Waals surface area contributed by atoms with Gasteiger partial charge in [0.25, 0.3) is 0 Å². The first-order chi connectivity index (χ1) is 11.7. The molecule has 0 spiro atoms. The summed E-state index contributed by atoms with van der Waals surface area (Å²) in [6, 6.07) is 0. The lowest BCUT2D eigenvalue weighted by atomic mass is 9.96. The Kier molecular flexibility index (Phi) is 5.84. The molecule has 0 fully saturated rings. The summed E-state index contributed by atoms with van der Waals surface area (Å²) in [5.74, 6) is 0.0326. The predicted molar refractivity (Wildman–Crippen MR) is 85.4 cm³/mol. The number of nitrogens with one attached hydrogen (secondary N) is 1. The first-order valence-electron chi connectivity index (χ1n) is 7.94. The van der Waals surface area contributed by atoms with Gasteiger partial charge in [-0.1, -0.05) is 31.1 Å². The van der Waals surface area contributed by atoms with E-state index in [1.165, 1.54) is 10.9 Å². The van der Waals surface area contributed by atoms with Gasteiger partial charge in [0.2, 0.25) is 11.8 Å². The number of aryl methyl sites for hydroxylation is 1. The highest BCUT2D eigenvalue weighted by Crippen LogP contribution is 2.18. The average Bonchev–Trinajstić information content (AvgIpc) is 3.13. The van der Waals surface area contributed by atoms with Gasteiger partial charge >= 0.3 is 5.97 Å². The zero-order valence-corrected chi connectivity index (χ0v) is 14.5. The van der Waals surface area contributed by atoms with Gasteiger partial charge in [-0.2, -0.15) is 4.98 Å². The monoisotopic (exact) mass is 350 g/mol. The van der Waals surface area contributed by atoms with Crippen LogP contribution in [0.5, 0.6) is 0 Å². The minimum Gasteiger partial charge on any atom is -0.480 e. The molecule has 0 radical (unpaired) electrons. The van der Waals surface area contributed by atoms with Crippen LogP contribution in [-0.4, -0.2) is 42.1 Å². The number of carbonyl (C=O) groups excluding carboxylic acids is 1. The van der Waals surface area contributed by atoms with Crippen LogP contribution in [-0.2, 0) is 34.5 Å². The minimum absolute atomic E-state index is 0.136. The Balaban J connectivity index is 1.69. The second-order valence-corrected chi connectivity index (χ2v) is 6.69. The predicted octanol–water partition coefficient (Wildman–Crippen LogP) is 0.682. The summed E-state index contributed by atoms with van der Waals surface area (Å²) in [6.07, 6.45) is 2.92. The lowest BCUT2D eigenvalue weighted by molar-refractivity contribution is -0.138. The van der Waals surface area contributed by atoms with Crippen molar-refractivity contribution in [3.05, 3.63) is 23.6 Å². The number of rotatable bonds is 8. The zero-order valence-electron chi connectivity index (χ0n) is 14.5. The van der Waals surface area contributed by atoms with Crippen LogP contribution in [0.15, 0.2) is 10.7 Å². The summed E-state index contributed by atoms with van der Waals surface area (Å²) in [7, 11) is 0. The van der Waals surface area contributed by atoms with Crippen molar-refractivity contribution in [1.29, 1.82) is 0 Å². The molecular formula is C15H22N6O4. The molecule has 0 unspecified atom stereocenters. The van der Waals surface area contributed by atoms with E-state index in [0.29, 0.717) is 36.7 Å². The van der Waals surface area contributed by atoms with Gasteiger partial charge in [-0.05, 0) is 6.42 Å². The Morgan fingerprint density at radius 1 is 1.36 bits per heavy atom. The molecule has 0 aliphatic heterocycles. The lowest BCUT2D eigenvalue weighted by Crippen LogP contribution is -2.22. The maximum atomic E-state index is 11.8. The van der Waals surface area contributed by atoms with Crippen molar-refractivity contribution in [3.63, 3.8) is 0 Å². The smallest absolute Gasteiger partial charge is 0.325 e. The Hall–Kier alpha value is -2.78. The van der Waals surface area contributed by atoms with Crippen LogP contribution in [0, 0.1) is 0 Å². The minimum atomic E-state index is -1.00. The maximum Gasteiger partial charge on any atom is 0.325 e. The number of amides is 1. The van der Waals surface area contributed by atoms with Crippen molar-refractivity contribution >= 4 is 11.9 Å². The average molecular weight is 350 g/mol. The fourth-order valence-electron chi connectivity index (χ4n) is 1.97. The largest absolute Gasteiger partial charge is 0.480 e. The quantitative estimate of drug-likeness (QED) is 0.709. The van der Waals surface area contributed by atoms with Crippen LogP contribution < -0.4 is 5.32 Å². The van der Waals surface area contributed by atoms with Gasteiger partial charge < -0.3 is 14.9 Å². The highest BCUT2D eigenvalue weighted by atomic mass is 16.5. The number of carboxylic acids is 1.